The van der Waals surface area contributed by atoms with Crippen LogP contribution in [0.25, 0.3) is 0 Å². The maximum Gasteiger partial charge on any atom is 0.472 e. The van der Waals surface area contributed by atoms with E-state index in [1.54, 1.807) is 0 Å². The molecular weight excluding hydrogens is 976 g/mol. The molecule has 0 saturated heterocycles. The summed E-state index contributed by atoms with van der Waals surface area (Å²) in [6.45, 7) is 4.46. The molecule has 11 nitrogen and oxygen atoms in total. The number of allylic oxidation sites excluding steroid dienone is 14. The predicted molar refractivity (Wildman–Crippen MR) is 316 cm³/mol. The number of aliphatic hydroxyl groups is 1. The summed E-state index contributed by atoms with van der Waals surface area (Å²) in [6, 6.07) is 0. The van der Waals surface area contributed by atoms with Crippen LogP contribution in [-0.2, 0) is 42.2 Å². The Kier molecular flexibility index (Phi) is 55.3. The summed E-state index contributed by atoms with van der Waals surface area (Å²) < 4.78 is 39.5. The zero-order valence-electron chi connectivity index (χ0n) is 48.5. The minimum absolute atomic E-state index is 0.0879. The first-order valence-corrected chi connectivity index (χ1v) is 32.0. The van der Waals surface area contributed by atoms with E-state index < -0.39 is 57.8 Å². The number of hydrogen-bond donors (Lipinski definition) is 2. The highest BCUT2D eigenvalue weighted by atomic mass is 31.2. The Hall–Kier alpha value is -3.34. The number of hydrogen-bond acceptors (Lipinski definition) is 10. The van der Waals surface area contributed by atoms with Gasteiger partial charge in [-0.25, -0.2) is 4.57 Å². The number of phosphoric ester groups is 1. The van der Waals surface area contributed by atoms with Crippen molar-refractivity contribution in [1.82, 2.24) is 0 Å². The Balaban J connectivity index is 4.77. The summed E-state index contributed by atoms with van der Waals surface area (Å²) in [4.78, 5) is 48.6. The molecule has 0 fully saturated rings. The lowest BCUT2D eigenvalue weighted by Crippen LogP contribution is -2.30. The summed E-state index contributed by atoms with van der Waals surface area (Å²) in [5.74, 6) is -1.54. The van der Waals surface area contributed by atoms with Crippen molar-refractivity contribution in [1.29, 1.82) is 0 Å². The van der Waals surface area contributed by atoms with Gasteiger partial charge in [-0.15, -0.1) is 0 Å². The molecule has 0 saturated carbocycles. The van der Waals surface area contributed by atoms with Crippen LogP contribution < -0.4 is 0 Å². The molecule has 0 spiro atoms. The third-order valence-corrected chi connectivity index (χ3v) is 13.8. The molecular formula is C64H111O11P. The molecule has 0 bridgehead atoms. The van der Waals surface area contributed by atoms with Crippen molar-refractivity contribution in [3.8, 4) is 0 Å². The second-order valence-electron chi connectivity index (χ2n) is 20.1. The molecule has 0 radical (unpaired) electrons. The molecule has 0 aromatic carbocycles. The maximum absolute atomic E-state index is 12.9. The Bertz CT molecular complexity index is 1600. The molecule has 76 heavy (non-hydrogen) atoms. The lowest BCUT2D eigenvalue weighted by molar-refractivity contribution is -0.161. The minimum atomic E-state index is -4.77. The zero-order chi connectivity index (χ0) is 55.5. The van der Waals surface area contributed by atoms with Gasteiger partial charge in [0.15, 0.2) is 6.10 Å². The Labute approximate surface area is 464 Å². The van der Waals surface area contributed by atoms with Crippen LogP contribution >= 0.6 is 7.82 Å². The molecule has 0 amide bonds. The zero-order valence-corrected chi connectivity index (χ0v) is 49.3. The molecule has 0 aliphatic carbocycles. The van der Waals surface area contributed by atoms with Crippen molar-refractivity contribution in [2.24, 2.45) is 0 Å². The summed E-state index contributed by atoms with van der Waals surface area (Å²) in [6.07, 6.45) is 66.8. The number of aliphatic hydroxyl groups excluding tert-OH is 1. The van der Waals surface area contributed by atoms with E-state index in [1.165, 1.54) is 109 Å². The Morgan fingerprint density at radius 1 is 0.382 bits per heavy atom. The fourth-order valence-electron chi connectivity index (χ4n) is 8.19. The van der Waals surface area contributed by atoms with Crippen molar-refractivity contribution in [2.45, 2.75) is 277 Å². The van der Waals surface area contributed by atoms with Gasteiger partial charge >= 0.3 is 25.7 Å². The molecule has 0 aromatic rings. The van der Waals surface area contributed by atoms with Crippen LogP contribution in [0.4, 0.5) is 0 Å². The van der Waals surface area contributed by atoms with Gasteiger partial charge in [0.25, 0.3) is 0 Å². The molecule has 3 unspecified atom stereocenters. The number of unbranched alkanes of at least 4 members (excludes halogenated alkanes) is 25. The first kappa shape index (κ1) is 72.7. The number of carbonyl (C=O) groups is 3. The van der Waals surface area contributed by atoms with E-state index in [-0.39, 0.29) is 25.9 Å². The summed E-state index contributed by atoms with van der Waals surface area (Å²) in [5, 5.41) is 9.83. The van der Waals surface area contributed by atoms with Crippen molar-refractivity contribution >= 4 is 25.7 Å². The second kappa shape index (κ2) is 57.8. The van der Waals surface area contributed by atoms with Gasteiger partial charge in [-0.05, 0) is 89.9 Å². The molecule has 2 N–H and O–H groups in total. The third kappa shape index (κ3) is 55.4. The minimum Gasteiger partial charge on any atom is -0.462 e. The normalized spacial score (nSPS) is 13.9. The fourth-order valence-corrected chi connectivity index (χ4v) is 8.97. The third-order valence-electron chi connectivity index (χ3n) is 12.8. The molecule has 3 atom stereocenters. The average molecular weight is 1090 g/mol. The molecule has 0 rings (SSSR count). The number of phosphoric acid groups is 1. The van der Waals surface area contributed by atoms with Gasteiger partial charge < -0.3 is 24.2 Å². The van der Waals surface area contributed by atoms with E-state index in [4.69, 9.17) is 23.3 Å². The van der Waals surface area contributed by atoms with Crippen LogP contribution in [0.15, 0.2) is 85.1 Å². The van der Waals surface area contributed by atoms with Crippen molar-refractivity contribution in [2.75, 3.05) is 26.4 Å². The average Bonchev–Trinajstić information content (AvgIpc) is 3.41. The van der Waals surface area contributed by atoms with E-state index in [9.17, 15) is 28.9 Å². The lowest BCUT2D eigenvalue weighted by atomic mass is 10.0. The van der Waals surface area contributed by atoms with Crippen molar-refractivity contribution in [3.63, 3.8) is 0 Å². The van der Waals surface area contributed by atoms with E-state index in [0.29, 0.717) is 25.7 Å². The van der Waals surface area contributed by atoms with Gasteiger partial charge in [0.05, 0.1) is 19.8 Å². The smallest absolute Gasteiger partial charge is 0.462 e. The standard InChI is InChI=1S/C64H111O11P/c1-4-7-10-13-16-19-22-25-28-30-33-36-39-42-45-48-51-54-63(67)74-60(56-65)58-72-76(69,70)73-59-61(57-71-62(66)53-50-47-44-41-38-35-32-27-24-21-18-15-12-9-6-3)75-64(68)55-52-49-46-43-40-37-34-31-29-26-23-20-17-14-11-8-5-2/h8,11,16-17,19-20,25-26,28-29,34,37,43,46,60-61,65H,4-7,9-10,12-15,18,21-24,27,30-33,35-36,38-42,44-45,47-59H2,1-3H3,(H,69,70)/b11-8-,19-16-,20-17-,28-25-,29-26-,37-34-,46-43-. The molecule has 0 aliphatic heterocycles. The van der Waals surface area contributed by atoms with Crippen molar-refractivity contribution in [3.05, 3.63) is 85.1 Å². The van der Waals surface area contributed by atoms with Crippen LogP contribution in [0, 0.1) is 0 Å². The molecule has 0 aliphatic rings. The van der Waals surface area contributed by atoms with Gasteiger partial charge in [-0.1, -0.05) is 241 Å². The highest BCUT2D eigenvalue weighted by Gasteiger charge is 2.28. The predicted octanol–water partition coefficient (Wildman–Crippen LogP) is 18.3. The second-order valence-corrected chi connectivity index (χ2v) is 21.6. The van der Waals surface area contributed by atoms with Gasteiger partial charge in [0.2, 0.25) is 0 Å². The number of esters is 3. The van der Waals surface area contributed by atoms with Crippen LogP contribution in [-0.4, -0.2) is 66.5 Å². The first-order chi connectivity index (χ1) is 37.2. The summed E-state index contributed by atoms with van der Waals surface area (Å²) >= 11 is 0. The van der Waals surface area contributed by atoms with Crippen LogP contribution in [0.1, 0.15) is 265 Å². The van der Waals surface area contributed by atoms with Crippen LogP contribution in [0.5, 0.6) is 0 Å². The largest absolute Gasteiger partial charge is 0.472 e. The monoisotopic (exact) mass is 1090 g/mol. The van der Waals surface area contributed by atoms with Gasteiger partial charge in [0, 0.05) is 19.3 Å². The highest BCUT2D eigenvalue weighted by Crippen LogP contribution is 2.43. The van der Waals surface area contributed by atoms with E-state index >= 15 is 0 Å². The van der Waals surface area contributed by atoms with E-state index in [1.807, 2.05) is 12.2 Å². The topological polar surface area (TPSA) is 155 Å². The van der Waals surface area contributed by atoms with E-state index in [2.05, 4.69) is 93.7 Å². The lowest BCUT2D eigenvalue weighted by Gasteiger charge is -2.21. The van der Waals surface area contributed by atoms with Gasteiger partial charge in [-0.2, -0.15) is 0 Å². The number of ether oxygens (including phenoxy) is 3. The van der Waals surface area contributed by atoms with Crippen LogP contribution in [0.3, 0.4) is 0 Å². The van der Waals surface area contributed by atoms with Crippen LogP contribution in [0.2, 0.25) is 0 Å². The molecule has 438 valence electrons. The quantitative estimate of drug-likeness (QED) is 0.0197. The number of carbonyl (C=O) groups excluding carboxylic acids is 3. The fraction of sp³-hybridized carbons (Fsp3) is 0.734. The SMILES string of the molecule is CC/C=C\C/C=C\C/C=C\C/C=C\C/C=C\CCCC(=O)OC(COC(=O)CCCCCCCCCCCCCCCCC)COP(=O)(O)OCC(CO)OC(=O)CCCCCCCCC/C=C\C/C=C\CCCCC. The summed E-state index contributed by atoms with van der Waals surface area (Å²) in [7, 11) is -4.77. The van der Waals surface area contributed by atoms with Crippen molar-refractivity contribution < 1.29 is 52.2 Å². The highest BCUT2D eigenvalue weighted by molar-refractivity contribution is 7.47. The molecule has 0 heterocycles. The van der Waals surface area contributed by atoms with Gasteiger partial charge in [-0.3, -0.25) is 23.4 Å². The number of rotatable bonds is 56. The first-order valence-electron chi connectivity index (χ1n) is 30.5. The maximum atomic E-state index is 12.9. The Morgan fingerprint density at radius 2 is 0.697 bits per heavy atom. The molecule has 0 aromatic heterocycles. The van der Waals surface area contributed by atoms with E-state index in [0.717, 1.165) is 89.9 Å². The van der Waals surface area contributed by atoms with Gasteiger partial charge in [0.1, 0.15) is 12.7 Å². The summed E-state index contributed by atoms with van der Waals surface area (Å²) in [5.41, 5.74) is 0. The Morgan fingerprint density at radius 3 is 1.13 bits per heavy atom. The molecule has 12 heteroatoms.